The van der Waals surface area contributed by atoms with Crippen molar-refractivity contribution in [3.63, 3.8) is 0 Å². The Labute approximate surface area is 127 Å². The van der Waals surface area contributed by atoms with E-state index in [-0.39, 0.29) is 5.91 Å². The summed E-state index contributed by atoms with van der Waals surface area (Å²) in [5.74, 6) is 0.0290. The van der Waals surface area contributed by atoms with E-state index in [4.69, 9.17) is 11.6 Å². The fourth-order valence-electron chi connectivity index (χ4n) is 2.41. The molecule has 19 heavy (non-hydrogen) atoms. The first-order chi connectivity index (χ1) is 9.09. The van der Waals surface area contributed by atoms with Crippen molar-refractivity contribution in [3.05, 3.63) is 33.3 Å². The highest BCUT2D eigenvalue weighted by atomic mass is 79.9. The van der Waals surface area contributed by atoms with Gasteiger partial charge in [0, 0.05) is 22.6 Å². The van der Waals surface area contributed by atoms with Crippen LogP contribution in [-0.2, 0) is 0 Å². The Balaban J connectivity index is 2.15. The molecule has 0 radical (unpaired) electrons. The predicted octanol–water partition coefficient (Wildman–Crippen LogP) is 3.32. The Bertz CT molecular complexity index is 459. The molecule has 104 valence electrons. The molecule has 0 bridgehead atoms. The summed E-state index contributed by atoms with van der Waals surface area (Å²) in [5.41, 5.74) is 0.632. The molecule has 1 aliphatic rings. The average molecular weight is 346 g/mol. The van der Waals surface area contributed by atoms with E-state index in [0.29, 0.717) is 16.6 Å². The van der Waals surface area contributed by atoms with Crippen molar-refractivity contribution in [3.8, 4) is 0 Å². The molecule has 1 amide bonds. The highest BCUT2D eigenvalue weighted by Gasteiger charge is 2.23. The molecule has 0 spiro atoms. The molecule has 0 aliphatic carbocycles. The lowest BCUT2D eigenvalue weighted by Gasteiger charge is -2.27. The predicted molar refractivity (Wildman–Crippen MR) is 81.8 cm³/mol. The molecular weight excluding hydrogens is 328 g/mol. The maximum absolute atomic E-state index is 12.5. The molecule has 1 heterocycles. The van der Waals surface area contributed by atoms with Crippen LogP contribution in [0.25, 0.3) is 0 Å². The van der Waals surface area contributed by atoms with Crippen molar-refractivity contribution >= 4 is 33.4 Å². The summed E-state index contributed by atoms with van der Waals surface area (Å²) in [6.45, 7) is 2.01. The monoisotopic (exact) mass is 344 g/mol. The van der Waals surface area contributed by atoms with Gasteiger partial charge < -0.3 is 10.2 Å². The molecule has 1 fully saturated rings. The maximum atomic E-state index is 12.5. The summed E-state index contributed by atoms with van der Waals surface area (Å²) in [6, 6.07) is 5.61. The van der Waals surface area contributed by atoms with Crippen LogP contribution in [0.15, 0.2) is 22.7 Å². The number of amides is 1. The van der Waals surface area contributed by atoms with Gasteiger partial charge in [0.15, 0.2) is 0 Å². The van der Waals surface area contributed by atoms with Crippen LogP contribution in [0.3, 0.4) is 0 Å². The van der Waals surface area contributed by atoms with Crippen molar-refractivity contribution < 1.29 is 4.79 Å². The summed E-state index contributed by atoms with van der Waals surface area (Å²) in [6.07, 6.45) is 3.16. The standard InChI is InChI=1S/C14H18BrClN2O/c1-18(11-3-2-7-17-8-6-11)14(19)12-9-10(16)4-5-13(12)15/h4-5,9,11,17H,2-3,6-8H2,1H3. The molecule has 1 unspecified atom stereocenters. The third-order valence-electron chi connectivity index (χ3n) is 3.57. The minimum absolute atomic E-state index is 0.0290. The summed E-state index contributed by atoms with van der Waals surface area (Å²) in [7, 11) is 1.88. The van der Waals surface area contributed by atoms with Crippen LogP contribution in [0.2, 0.25) is 5.02 Å². The molecule has 1 aromatic carbocycles. The first kappa shape index (κ1) is 14.8. The van der Waals surface area contributed by atoms with Crippen LogP contribution in [0.5, 0.6) is 0 Å². The average Bonchev–Trinajstić information content (AvgIpc) is 2.69. The third-order valence-corrected chi connectivity index (χ3v) is 4.50. The van der Waals surface area contributed by atoms with E-state index >= 15 is 0 Å². The SMILES string of the molecule is CN(C(=O)c1cc(Cl)ccc1Br)C1CCCNCC1. The molecule has 0 saturated carbocycles. The number of nitrogens with zero attached hydrogens (tertiary/aromatic N) is 1. The van der Waals surface area contributed by atoms with Crippen molar-refractivity contribution in [2.45, 2.75) is 25.3 Å². The first-order valence-electron chi connectivity index (χ1n) is 6.52. The number of halogens is 2. The Kier molecular flexibility index (Phi) is 5.25. The number of hydrogen-bond acceptors (Lipinski definition) is 2. The van der Waals surface area contributed by atoms with Crippen molar-refractivity contribution in [2.24, 2.45) is 0 Å². The topological polar surface area (TPSA) is 32.3 Å². The number of carbonyl (C=O) groups excluding carboxylic acids is 1. The molecule has 1 saturated heterocycles. The number of nitrogens with one attached hydrogen (secondary N) is 1. The van der Waals surface area contributed by atoms with E-state index in [1.807, 2.05) is 18.0 Å². The second-order valence-electron chi connectivity index (χ2n) is 4.87. The van der Waals surface area contributed by atoms with Gasteiger partial charge in [0.1, 0.15) is 0 Å². The summed E-state index contributed by atoms with van der Waals surface area (Å²) >= 11 is 9.40. The Morgan fingerprint density at radius 2 is 2.21 bits per heavy atom. The maximum Gasteiger partial charge on any atom is 0.255 e. The molecule has 2 rings (SSSR count). The minimum Gasteiger partial charge on any atom is -0.339 e. The van der Waals surface area contributed by atoms with Crippen LogP contribution in [0.4, 0.5) is 0 Å². The van der Waals surface area contributed by atoms with Crippen LogP contribution in [0, 0.1) is 0 Å². The molecule has 0 aromatic heterocycles. The second kappa shape index (κ2) is 6.73. The summed E-state index contributed by atoms with van der Waals surface area (Å²) in [5, 5.41) is 3.95. The van der Waals surface area contributed by atoms with E-state index < -0.39 is 0 Å². The Morgan fingerprint density at radius 1 is 1.42 bits per heavy atom. The summed E-state index contributed by atoms with van der Waals surface area (Å²) < 4.78 is 0.792. The number of benzene rings is 1. The zero-order valence-corrected chi connectivity index (χ0v) is 13.3. The number of rotatable bonds is 2. The normalized spacial score (nSPS) is 19.8. The van der Waals surface area contributed by atoms with Gasteiger partial charge in [0.2, 0.25) is 0 Å². The largest absolute Gasteiger partial charge is 0.339 e. The third kappa shape index (κ3) is 3.71. The molecule has 3 nitrogen and oxygen atoms in total. The van der Waals surface area contributed by atoms with Crippen molar-refractivity contribution in [2.75, 3.05) is 20.1 Å². The van der Waals surface area contributed by atoms with E-state index in [1.165, 1.54) is 0 Å². The van der Waals surface area contributed by atoms with Gasteiger partial charge in [0.25, 0.3) is 5.91 Å². The van der Waals surface area contributed by atoms with Crippen LogP contribution in [0.1, 0.15) is 29.6 Å². The van der Waals surface area contributed by atoms with Gasteiger partial charge in [-0.2, -0.15) is 0 Å². The van der Waals surface area contributed by atoms with Gasteiger partial charge in [-0.25, -0.2) is 0 Å². The Hall–Kier alpha value is -0.580. The zero-order chi connectivity index (χ0) is 13.8. The lowest BCUT2D eigenvalue weighted by Crippen LogP contribution is -2.37. The van der Waals surface area contributed by atoms with Gasteiger partial charge in [-0.15, -0.1) is 0 Å². The summed E-state index contributed by atoms with van der Waals surface area (Å²) in [4.78, 5) is 14.4. The molecule has 1 aliphatic heterocycles. The highest BCUT2D eigenvalue weighted by molar-refractivity contribution is 9.10. The molecular formula is C14H18BrClN2O. The zero-order valence-electron chi connectivity index (χ0n) is 11.0. The van der Waals surface area contributed by atoms with Crippen LogP contribution in [-0.4, -0.2) is 37.0 Å². The van der Waals surface area contributed by atoms with Gasteiger partial charge in [-0.1, -0.05) is 11.6 Å². The van der Waals surface area contributed by atoms with Crippen molar-refractivity contribution in [1.82, 2.24) is 10.2 Å². The molecule has 1 atom stereocenters. The highest BCUT2D eigenvalue weighted by Crippen LogP contribution is 2.24. The first-order valence-corrected chi connectivity index (χ1v) is 7.69. The van der Waals surface area contributed by atoms with Gasteiger partial charge in [0.05, 0.1) is 5.56 Å². The number of carbonyl (C=O) groups is 1. The van der Waals surface area contributed by atoms with E-state index in [2.05, 4.69) is 21.2 Å². The lowest BCUT2D eigenvalue weighted by atomic mass is 10.1. The minimum atomic E-state index is 0.0290. The van der Waals surface area contributed by atoms with Gasteiger partial charge >= 0.3 is 0 Å². The Morgan fingerprint density at radius 3 is 3.00 bits per heavy atom. The fourth-order valence-corrected chi connectivity index (χ4v) is 2.99. The second-order valence-corrected chi connectivity index (χ2v) is 6.17. The molecule has 1 aromatic rings. The molecule has 5 heteroatoms. The smallest absolute Gasteiger partial charge is 0.255 e. The quantitative estimate of drug-likeness (QED) is 0.892. The van der Waals surface area contributed by atoms with Crippen molar-refractivity contribution in [1.29, 1.82) is 0 Å². The van der Waals surface area contributed by atoms with Gasteiger partial charge in [-0.3, -0.25) is 4.79 Å². The van der Waals surface area contributed by atoms with E-state index in [9.17, 15) is 4.79 Å². The number of hydrogen-bond donors (Lipinski definition) is 1. The molecule has 1 N–H and O–H groups in total. The fraction of sp³-hybridized carbons (Fsp3) is 0.500. The van der Waals surface area contributed by atoms with E-state index in [0.717, 1.165) is 36.8 Å². The van der Waals surface area contributed by atoms with Crippen LogP contribution < -0.4 is 5.32 Å². The lowest BCUT2D eigenvalue weighted by molar-refractivity contribution is 0.0719. The van der Waals surface area contributed by atoms with Gasteiger partial charge in [-0.05, 0) is 66.5 Å². The van der Waals surface area contributed by atoms with E-state index in [1.54, 1.807) is 12.1 Å². The van der Waals surface area contributed by atoms with Crippen LogP contribution >= 0.6 is 27.5 Å².